The molecular formula is C15H20N2O5S. The van der Waals surface area contributed by atoms with E-state index in [9.17, 15) is 13.8 Å². The van der Waals surface area contributed by atoms with Crippen LogP contribution in [0.25, 0.3) is 0 Å². The Morgan fingerprint density at radius 2 is 1.87 bits per heavy atom. The van der Waals surface area contributed by atoms with E-state index in [0.717, 1.165) is 13.1 Å². The van der Waals surface area contributed by atoms with Crippen LogP contribution in [-0.2, 0) is 20.3 Å². The number of ether oxygens (including phenoxy) is 1. The SMILES string of the molecule is O=C(CS(=O)CCN1CCOCC1)Nc1ccc(C(=O)O)cc1. The summed E-state index contributed by atoms with van der Waals surface area (Å²) >= 11 is 0. The number of rotatable bonds is 7. The van der Waals surface area contributed by atoms with E-state index in [1.807, 2.05) is 0 Å². The standard InChI is InChI=1S/C15H20N2O5S/c18-14(16-13-3-1-12(2-4-13)15(19)20)11-23(21)10-7-17-5-8-22-9-6-17/h1-4H,5-11H2,(H,16,18)(H,19,20). The second-order valence-corrected chi connectivity index (χ2v) is 6.75. The molecule has 2 N–H and O–H groups in total. The molecule has 0 bridgehead atoms. The number of aromatic carboxylic acids is 1. The fourth-order valence-corrected chi connectivity index (χ4v) is 3.14. The number of anilines is 1. The highest BCUT2D eigenvalue weighted by Crippen LogP contribution is 2.09. The Morgan fingerprint density at radius 3 is 2.48 bits per heavy atom. The van der Waals surface area contributed by atoms with E-state index >= 15 is 0 Å². The van der Waals surface area contributed by atoms with Crippen LogP contribution in [-0.4, -0.2) is 70.4 Å². The Hall–Kier alpha value is -1.77. The highest BCUT2D eigenvalue weighted by molar-refractivity contribution is 7.85. The van der Waals surface area contributed by atoms with Crippen molar-refractivity contribution in [1.82, 2.24) is 4.90 Å². The van der Waals surface area contributed by atoms with Gasteiger partial charge in [0, 0.05) is 41.9 Å². The van der Waals surface area contributed by atoms with Crippen molar-refractivity contribution in [1.29, 1.82) is 0 Å². The molecule has 1 aliphatic rings. The topological polar surface area (TPSA) is 95.9 Å². The highest BCUT2D eigenvalue weighted by atomic mass is 32.2. The molecule has 1 saturated heterocycles. The molecule has 2 rings (SSSR count). The van der Waals surface area contributed by atoms with Gasteiger partial charge >= 0.3 is 5.97 Å². The number of nitrogens with zero attached hydrogens (tertiary/aromatic N) is 1. The summed E-state index contributed by atoms with van der Waals surface area (Å²) in [5.41, 5.74) is 0.641. The van der Waals surface area contributed by atoms with Gasteiger partial charge in [-0.2, -0.15) is 0 Å². The summed E-state index contributed by atoms with van der Waals surface area (Å²) in [5, 5.41) is 11.4. The summed E-state index contributed by atoms with van der Waals surface area (Å²) in [5.74, 6) is -0.975. The van der Waals surface area contributed by atoms with E-state index in [2.05, 4.69) is 10.2 Å². The summed E-state index contributed by atoms with van der Waals surface area (Å²) in [7, 11) is -1.23. The number of hydrogen-bond acceptors (Lipinski definition) is 5. The lowest BCUT2D eigenvalue weighted by molar-refractivity contribution is -0.113. The van der Waals surface area contributed by atoms with Gasteiger partial charge in [0.25, 0.3) is 0 Å². The molecule has 126 valence electrons. The second kappa shape index (κ2) is 8.76. The number of nitrogens with one attached hydrogen (secondary N) is 1. The molecule has 1 amide bonds. The third kappa shape index (κ3) is 6.09. The van der Waals surface area contributed by atoms with Gasteiger partial charge in [0.2, 0.25) is 5.91 Å². The maximum atomic E-state index is 11.9. The van der Waals surface area contributed by atoms with Crippen LogP contribution in [0.3, 0.4) is 0 Å². The van der Waals surface area contributed by atoms with Crippen molar-refractivity contribution in [3.63, 3.8) is 0 Å². The first kappa shape index (κ1) is 17.6. The van der Waals surface area contributed by atoms with Crippen molar-refractivity contribution in [2.45, 2.75) is 0 Å². The zero-order chi connectivity index (χ0) is 16.7. The number of carbonyl (C=O) groups excluding carboxylic acids is 1. The first-order valence-corrected chi connectivity index (χ1v) is 8.81. The van der Waals surface area contributed by atoms with Crippen LogP contribution in [0.2, 0.25) is 0 Å². The highest BCUT2D eigenvalue weighted by Gasteiger charge is 2.13. The van der Waals surface area contributed by atoms with Crippen LogP contribution >= 0.6 is 0 Å². The Kier molecular flexibility index (Phi) is 6.69. The molecule has 1 aliphatic heterocycles. The summed E-state index contributed by atoms with van der Waals surface area (Å²) in [6.45, 7) is 3.74. The van der Waals surface area contributed by atoms with Crippen molar-refractivity contribution in [2.75, 3.05) is 49.7 Å². The molecule has 7 nitrogen and oxygen atoms in total. The molecule has 1 aromatic carbocycles. The lowest BCUT2D eigenvalue weighted by atomic mass is 10.2. The minimum atomic E-state index is -1.23. The number of carbonyl (C=O) groups is 2. The Morgan fingerprint density at radius 1 is 1.22 bits per heavy atom. The van der Waals surface area contributed by atoms with Crippen molar-refractivity contribution in [2.24, 2.45) is 0 Å². The first-order chi connectivity index (χ1) is 11.0. The van der Waals surface area contributed by atoms with Gasteiger partial charge in [-0.15, -0.1) is 0 Å². The van der Waals surface area contributed by atoms with Gasteiger partial charge in [0.15, 0.2) is 0 Å². The minimum absolute atomic E-state index is 0.0645. The summed E-state index contributed by atoms with van der Waals surface area (Å²) in [4.78, 5) is 24.8. The van der Waals surface area contributed by atoms with E-state index in [0.29, 0.717) is 31.2 Å². The monoisotopic (exact) mass is 340 g/mol. The number of benzene rings is 1. The van der Waals surface area contributed by atoms with Crippen LogP contribution in [0.4, 0.5) is 5.69 Å². The van der Waals surface area contributed by atoms with Gasteiger partial charge in [0.05, 0.1) is 18.8 Å². The molecule has 0 saturated carbocycles. The Labute approximate surface area is 137 Å². The lowest BCUT2D eigenvalue weighted by Gasteiger charge is -2.26. The number of carboxylic acids is 1. The van der Waals surface area contributed by atoms with Gasteiger partial charge in [-0.25, -0.2) is 4.79 Å². The molecular weight excluding hydrogens is 320 g/mol. The number of morpholine rings is 1. The van der Waals surface area contributed by atoms with E-state index in [-0.39, 0.29) is 17.2 Å². The Balaban J connectivity index is 1.72. The van der Waals surface area contributed by atoms with Crippen molar-refractivity contribution in [3.8, 4) is 0 Å². The summed E-state index contributed by atoms with van der Waals surface area (Å²) in [6, 6.07) is 5.84. The van der Waals surface area contributed by atoms with Crippen LogP contribution in [0, 0.1) is 0 Å². The zero-order valence-corrected chi connectivity index (χ0v) is 13.5. The maximum Gasteiger partial charge on any atom is 0.335 e. The quantitative estimate of drug-likeness (QED) is 0.746. The van der Waals surface area contributed by atoms with Gasteiger partial charge in [0.1, 0.15) is 5.75 Å². The molecule has 0 radical (unpaired) electrons. The average Bonchev–Trinajstić information content (AvgIpc) is 2.54. The smallest absolute Gasteiger partial charge is 0.335 e. The second-order valence-electron chi connectivity index (χ2n) is 5.17. The fourth-order valence-electron chi connectivity index (χ4n) is 2.17. The molecule has 1 fully saturated rings. The van der Waals surface area contributed by atoms with E-state index in [4.69, 9.17) is 9.84 Å². The summed E-state index contributed by atoms with van der Waals surface area (Å²) in [6.07, 6.45) is 0. The zero-order valence-electron chi connectivity index (χ0n) is 12.7. The number of amides is 1. The first-order valence-electron chi connectivity index (χ1n) is 7.33. The third-order valence-corrected chi connectivity index (χ3v) is 4.67. The van der Waals surface area contributed by atoms with Crippen molar-refractivity contribution in [3.05, 3.63) is 29.8 Å². The van der Waals surface area contributed by atoms with E-state index in [1.165, 1.54) is 24.3 Å². The maximum absolute atomic E-state index is 11.9. The van der Waals surface area contributed by atoms with Crippen LogP contribution in [0.15, 0.2) is 24.3 Å². The lowest BCUT2D eigenvalue weighted by Crippen LogP contribution is -2.39. The summed E-state index contributed by atoms with van der Waals surface area (Å²) < 4.78 is 17.2. The molecule has 0 spiro atoms. The predicted octanol–water partition coefficient (Wildman–Crippen LogP) is 0.404. The molecule has 1 atom stereocenters. The normalized spacial score (nSPS) is 16.7. The van der Waals surface area contributed by atoms with Crippen molar-refractivity contribution < 1.29 is 23.6 Å². The van der Waals surface area contributed by atoms with Gasteiger partial charge in [-0.1, -0.05) is 0 Å². The van der Waals surface area contributed by atoms with Gasteiger partial charge < -0.3 is 15.2 Å². The fraction of sp³-hybridized carbons (Fsp3) is 0.467. The molecule has 0 aliphatic carbocycles. The molecule has 1 unspecified atom stereocenters. The van der Waals surface area contributed by atoms with Gasteiger partial charge in [-0.3, -0.25) is 13.9 Å². The molecule has 1 aromatic rings. The molecule has 0 aromatic heterocycles. The molecule has 8 heteroatoms. The van der Waals surface area contributed by atoms with Crippen LogP contribution in [0.5, 0.6) is 0 Å². The predicted molar refractivity (Wildman–Crippen MR) is 87.2 cm³/mol. The molecule has 1 heterocycles. The largest absolute Gasteiger partial charge is 0.478 e. The number of hydrogen-bond donors (Lipinski definition) is 2. The number of carboxylic acid groups (broad SMARTS) is 1. The van der Waals surface area contributed by atoms with E-state index < -0.39 is 16.8 Å². The molecule has 23 heavy (non-hydrogen) atoms. The van der Waals surface area contributed by atoms with Gasteiger partial charge in [-0.05, 0) is 24.3 Å². The Bertz CT molecular complexity index is 570. The van der Waals surface area contributed by atoms with Crippen LogP contribution < -0.4 is 5.32 Å². The third-order valence-electron chi connectivity index (χ3n) is 3.45. The van der Waals surface area contributed by atoms with Crippen molar-refractivity contribution >= 4 is 28.4 Å². The minimum Gasteiger partial charge on any atom is -0.478 e. The average molecular weight is 340 g/mol. The van der Waals surface area contributed by atoms with Crippen LogP contribution in [0.1, 0.15) is 10.4 Å². The van der Waals surface area contributed by atoms with E-state index in [1.54, 1.807) is 0 Å².